The van der Waals surface area contributed by atoms with Crippen molar-refractivity contribution in [2.24, 2.45) is 0 Å². The summed E-state index contributed by atoms with van der Waals surface area (Å²) in [5, 5.41) is 0. The Hall–Kier alpha value is -1.51. The van der Waals surface area contributed by atoms with Crippen molar-refractivity contribution >= 4 is 10.0 Å². The lowest BCUT2D eigenvalue weighted by Gasteiger charge is -2.19. The third kappa shape index (κ3) is 4.73. The van der Waals surface area contributed by atoms with Crippen LogP contribution in [0.3, 0.4) is 0 Å². The van der Waals surface area contributed by atoms with Gasteiger partial charge in [0.2, 0.25) is 15.8 Å². The van der Waals surface area contributed by atoms with E-state index in [4.69, 9.17) is 14.2 Å². The van der Waals surface area contributed by atoms with E-state index in [1.54, 1.807) is 6.07 Å². The molecule has 1 rings (SSSR count). The molecular formula is C15H26N2O5S. The summed E-state index contributed by atoms with van der Waals surface area (Å²) in [6.45, 7) is 6.78. The first-order valence-electron chi connectivity index (χ1n) is 7.46. The minimum Gasteiger partial charge on any atom is -0.493 e. The molecule has 0 heterocycles. The lowest BCUT2D eigenvalue weighted by atomic mass is 10.3. The number of ether oxygens (including phenoxy) is 3. The topological polar surface area (TPSA) is 77.1 Å². The highest BCUT2D eigenvalue weighted by Crippen LogP contribution is 2.41. The van der Waals surface area contributed by atoms with E-state index in [2.05, 4.69) is 9.62 Å². The predicted molar refractivity (Wildman–Crippen MR) is 89.1 cm³/mol. The summed E-state index contributed by atoms with van der Waals surface area (Å²) in [6.07, 6.45) is 0. The molecule has 0 aliphatic rings. The van der Waals surface area contributed by atoms with E-state index in [1.165, 1.54) is 27.4 Å². The number of nitrogens with one attached hydrogen (secondary N) is 1. The van der Waals surface area contributed by atoms with Crippen LogP contribution in [0.1, 0.15) is 13.8 Å². The Bertz CT molecular complexity index is 600. The van der Waals surface area contributed by atoms with Gasteiger partial charge in [0.15, 0.2) is 11.5 Å². The summed E-state index contributed by atoms with van der Waals surface area (Å²) >= 11 is 0. The molecule has 1 aromatic carbocycles. The molecule has 0 aliphatic carbocycles. The van der Waals surface area contributed by atoms with E-state index in [9.17, 15) is 8.42 Å². The van der Waals surface area contributed by atoms with Gasteiger partial charge in [-0.1, -0.05) is 13.8 Å². The number of rotatable bonds is 10. The average molecular weight is 346 g/mol. The van der Waals surface area contributed by atoms with Crippen LogP contribution in [0.4, 0.5) is 0 Å². The summed E-state index contributed by atoms with van der Waals surface area (Å²) in [5.41, 5.74) is 0. The van der Waals surface area contributed by atoms with Gasteiger partial charge in [-0.2, -0.15) is 0 Å². The molecule has 0 unspecified atom stereocenters. The van der Waals surface area contributed by atoms with Crippen LogP contribution >= 0.6 is 0 Å². The van der Waals surface area contributed by atoms with Crippen LogP contribution in [0.2, 0.25) is 0 Å². The molecular weight excluding hydrogens is 320 g/mol. The number of nitrogens with zero attached hydrogens (tertiary/aromatic N) is 1. The van der Waals surface area contributed by atoms with Gasteiger partial charge in [-0.25, -0.2) is 13.1 Å². The standard InChI is InChI=1S/C15H26N2O5S/c1-6-17(7-2)11-10-16-23(18,19)13-9-8-12(20-3)14(21-4)15(13)22-5/h8-9,16H,6-7,10-11H2,1-5H3. The summed E-state index contributed by atoms with van der Waals surface area (Å²) < 4.78 is 43.3. The fraction of sp³-hybridized carbons (Fsp3) is 0.600. The molecule has 0 amide bonds. The van der Waals surface area contributed by atoms with Crippen LogP contribution in [0.15, 0.2) is 17.0 Å². The van der Waals surface area contributed by atoms with Crippen LogP contribution in [-0.2, 0) is 10.0 Å². The van der Waals surface area contributed by atoms with Gasteiger partial charge < -0.3 is 19.1 Å². The van der Waals surface area contributed by atoms with E-state index >= 15 is 0 Å². The van der Waals surface area contributed by atoms with Crippen molar-refractivity contribution < 1.29 is 22.6 Å². The van der Waals surface area contributed by atoms with Crippen LogP contribution in [0, 0.1) is 0 Å². The molecule has 0 aromatic heterocycles. The number of hydrogen-bond acceptors (Lipinski definition) is 6. The number of sulfonamides is 1. The lowest BCUT2D eigenvalue weighted by Crippen LogP contribution is -2.34. The molecule has 23 heavy (non-hydrogen) atoms. The van der Waals surface area contributed by atoms with Crippen molar-refractivity contribution in [2.45, 2.75) is 18.7 Å². The lowest BCUT2D eigenvalue weighted by molar-refractivity contribution is 0.308. The number of likely N-dealkylation sites (N-methyl/N-ethyl adjacent to an activating group) is 1. The van der Waals surface area contributed by atoms with Crippen molar-refractivity contribution in [3.05, 3.63) is 12.1 Å². The monoisotopic (exact) mass is 346 g/mol. The fourth-order valence-corrected chi connectivity index (χ4v) is 3.42. The first kappa shape index (κ1) is 19.5. The summed E-state index contributed by atoms with van der Waals surface area (Å²) in [4.78, 5) is 2.16. The molecule has 132 valence electrons. The summed E-state index contributed by atoms with van der Waals surface area (Å²) in [6, 6.07) is 2.99. The Labute approximate surface area is 138 Å². The second-order valence-corrected chi connectivity index (χ2v) is 6.49. The minimum absolute atomic E-state index is 0.0252. The molecule has 0 fully saturated rings. The molecule has 0 saturated heterocycles. The molecule has 1 N–H and O–H groups in total. The first-order chi connectivity index (χ1) is 10.9. The van der Waals surface area contributed by atoms with Gasteiger partial charge in [-0.3, -0.25) is 0 Å². The Balaban J connectivity index is 3.04. The molecule has 0 atom stereocenters. The number of methoxy groups -OCH3 is 3. The molecule has 0 bridgehead atoms. The van der Waals surface area contributed by atoms with E-state index in [1.807, 2.05) is 13.8 Å². The van der Waals surface area contributed by atoms with Crippen molar-refractivity contribution in [2.75, 3.05) is 47.5 Å². The summed E-state index contributed by atoms with van der Waals surface area (Å²) in [7, 11) is 0.600. The van der Waals surface area contributed by atoms with Crippen molar-refractivity contribution in [3.8, 4) is 17.2 Å². The Morgan fingerprint density at radius 3 is 2.09 bits per heavy atom. The second kappa shape index (κ2) is 8.95. The van der Waals surface area contributed by atoms with Crippen molar-refractivity contribution in [3.63, 3.8) is 0 Å². The van der Waals surface area contributed by atoms with Crippen molar-refractivity contribution in [1.29, 1.82) is 0 Å². The predicted octanol–water partition coefficient (Wildman–Crippen LogP) is 1.33. The molecule has 7 nitrogen and oxygen atoms in total. The fourth-order valence-electron chi connectivity index (χ4n) is 2.24. The van der Waals surface area contributed by atoms with Gasteiger partial charge in [-0.15, -0.1) is 0 Å². The van der Waals surface area contributed by atoms with Crippen LogP contribution in [-0.4, -0.2) is 60.8 Å². The maximum Gasteiger partial charge on any atom is 0.244 e. The zero-order chi connectivity index (χ0) is 17.5. The highest BCUT2D eigenvalue weighted by Gasteiger charge is 2.25. The number of hydrogen-bond donors (Lipinski definition) is 1. The second-order valence-electron chi connectivity index (χ2n) is 4.76. The normalized spacial score (nSPS) is 11.6. The molecule has 0 spiro atoms. The van der Waals surface area contributed by atoms with Gasteiger partial charge in [0.25, 0.3) is 0 Å². The van der Waals surface area contributed by atoms with Crippen LogP contribution < -0.4 is 18.9 Å². The Kier molecular flexibility index (Phi) is 7.60. The van der Waals surface area contributed by atoms with E-state index in [0.29, 0.717) is 18.8 Å². The zero-order valence-electron chi connectivity index (χ0n) is 14.4. The molecule has 1 aromatic rings. The Morgan fingerprint density at radius 1 is 1.00 bits per heavy atom. The zero-order valence-corrected chi connectivity index (χ0v) is 15.2. The number of benzene rings is 1. The van der Waals surface area contributed by atoms with E-state index in [0.717, 1.165) is 13.1 Å². The minimum atomic E-state index is -3.71. The van der Waals surface area contributed by atoms with E-state index < -0.39 is 10.0 Å². The molecule has 0 aliphatic heterocycles. The largest absolute Gasteiger partial charge is 0.493 e. The van der Waals surface area contributed by atoms with E-state index in [-0.39, 0.29) is 16.4 Å². The summed E-state index contributed by atoms with van der Waals surface area (Å²) in [5.74, 6) is 0.787. The SMILES string of the molecule is CCN(CC)CCNS(=O)(=O)c1ccc(OC)c(OC)c1OC. The van der Waals surface area contributed by atoms with Gasteiger partial charge >= 0.3 is 0 Å². The van der Waals surface area contributed by atoms with Crippen LogP contribution in [0.5, 0.6) is 17.2 Å². The van der Waals surface area contributed by atoms with Gasteiger partial charge in [0.1, 0.15) is 4.90 Å². The van der Waals surface area contributed by atoms with Gasteiger partial charge in [0.05, 0.1) is 21.3 Å². The maximum atomic E-state index is 12.5. The van der Waals surface area contributed by atoms with Crippen molar-refractivity contribution in [1.82, 2.24) is 9.62 Å². The average Bonchev–Trinajstić information content (AvgIpc) is 2.56. The highest BCUT2D eigenvalue weighted by atomic mass is 32.2. The third-order valence-electron chi connectivity index (χ3n) is 3.57. The molecule has 8 heteroatoms. The molecule has 0 radical (unpaired) electrons. The smallest absolute Gasteiger partial charge is 0.244 e. The first-order valence-corrected chi connectivity index (χ1v) is 8.94. The highest BCUT2D eigenvalue weighted by molar-refractivity contribution is 7.89. The maximum absolute atomic E-state index is 12.5. The Morgan fingerprint density at radius 2 is 1.61 bits per heavy atom. The quantitative estimate of drug-likeness (QED) is 0.689. The van der Waals surface area contributed by atoms with Gasteiger partial charge in [-0.05, 0) is 25.2 Å². The molecule has 0 saturated carbocycles. The third-order valence-corrected chi connectivity index (χ3v) is 5.06. The van der Waals surface area contributed by atoms with Gasteiger partial charge in [0, 0.05) is 13.1 Å². The van der Waals surface area contributed by atoms with Crippen LogP contribution in [0.25, 0.3) is 0 Å².